The number of thioether (sulfide) groups is 1. The van der Waals surface area contributed by atoms with E-state index in [9.17, 15) is 14.4 Å². The molecule has 6 aromatic carbocycles. The third kappa shape index (κ3) is 9.48. The number of carbonyl (C=O) groups is 3. The first-order valence-corrected chi connectivity index (χ1v) is 18.8. The van der Waals surface area contributed by atoms with Gasteiger partial charge in [0.1, 0.15) is 23.3 Å². The molecular formula is C44H34N4O4S2. The molecule has 1 aromatic heterocycles. The van der Waals surface area contributed by atoms with Crippen molar-refractivity contribution < 1.29 is 19.1 Å². The van der Waals surface area contributed by atoms with Crippen LogP contribution in [-0.4, -0.2) is 22.7 Å². The van der Waals surface area contributed by atoms with E-state index in [2.05, 4.69) is 20.9 Å². The van der Waals surface area contributed by atoms with Gasteiger partial charge in [0.2, 0.25) is 5.91 Å². The number of thiazole rings is 1. The zero-order chi connectivity index (χ0) is 37.1. The lowest BCUT2D eigenvalue weighted by Gasteiger charge is -2.17. The molecular weight excluding hydrogens is 713 g/mol. The Balaban J connectivity index is 1.09. The summed E-state index contributed by atoms with van der Waals surface area (Å²) in [7, 11) is 0. The van der Waals surface area contributed by atoms with Crippen LogP contribution >= 0.6 is 23.1 Å². The number of para-hydroxylation sites is 1. The Hall–Kier alpha value is -6.49. The van der Waals surface area contributed by atoms with Crippen molar-refractivity contribution in [2.24, 2.45) is 0 Å². The van der Waals surface area contributed by atoms with Gasteiger partial charge in [-0.05, 0) is 77.4 Å². The van der Waals surface area contributed by atoms with Crippen LogP contribution in [0.3, 0.4) is 0 Å². The fourth-order valence-corrected chi connectivity index (χ4v) is 7.44. The number of benzene rings is 6. The zero-order valence-electron chi connectivity index (χ0n) is 28.8. The SMILES string of the molecule is O=C(Nc1cccc(SC(C(=O)Nc2nc3ccccc3s2)c2ccccc2)c1)/C(=C/c1ccc(OCc2ccccc2)cc1)NC(=O)c1ccccc1. The lowest BCUT2D eigenvalue weighted by Crippen LogP contribution is -2.30. The maximum Gasteiger partial charge on any atom is 0.272 e. The van der Waals surface area contributed by atoms with E-state index >= 15 is 0 Å². The summed E-state index contributed by atoms with van der Waals surface area (Å²) in [6.07, 6.45) is 1.62. The van der Waals surface area contributed by atoms with Crippen LogP contribution in [0.15, 0.2) is 174 Å². The Kier molecular flexibility index (Phi) is 11.5. The molecule has 1 heterocycles. The molecule has 0 radical (unpaired) electrons. The normalized spacial score (nSPS) is 11.7. The smallest absolute Gasteiger partial charge is 0.272 e. The summed E-state index contributed by atoms with van der Waals surface area (Å²) in [5.41, 5.74) is 4.34. The van der Waals surface area contributed by atoms with Gasteiger partial charge in [0.05, 0.1) is 10.2 Å². The van der Waals surface area contributed by atoms with E-state index in [0.29, 0.717) is 34.3 Å². The number of rotatable bonds is 13. The molecule has 1 atom stereocenters. The van der Waals surface area contributed by atoms with Crippen molar-refractivity contribution in [1.29, 1.82) is 0 Å². The van der Waals surface area contributed by atoms with E-state index in [4.69, 9.17) is 4.74 Å². The molecule has 7 rings (SSSR count). The fourth-order valence-electron chi connectivity index (χ4n) is 5.49. The highest BCUT2D eigenvalue weighted by molar-refractivity contribution is 8.00. The summed E-state index contributed by atoms with van der Waals surface area (Å²) < 4.78 is 6.91. The lowest BCUT2D eigenvalue weighted by molar-refractivity contribution is -0.116. The van der Waals surface area contributed by atoms with Crippen LogP contribution in [0.25, 0.3) is 16.3 Å². The van der Waals surface area contributed by atoms with E-state index in [0.717, 1.165) is 26.2 Å². The maximum atomic E-state index is 13.9. The van der Waals surface area contributed by atoms with E-state index < -0.39 is 17.1 Å². The van der Waals surface area contributed by atoms with Gasteiger partial charge in [-0.2, -0.15) is 0 Å². The molecule has 0 bridgehead atoms. The molecule has 0 saturated carbocycles. The summed E-state index contributed by atoms with van der Waals surface area (Å²) in [6.45, 7) is 0.425. The van der Waals surface area contributed by atoms with Gasteiger partial charge in [-0.3, -0.25) is 14.4 Å². The van der Waals surface area contributed by atoms with Crippen molar-refractivity contribution in [1.82, 2.24) is 10.3 Å². The highest BCUT2D eigenvalue weighted by Crippen LogP contribution is 2.38. The number of carbonyl (C=O) groups excluding carboxylic acids is 3. The number of fused-ring (bicyclic) bond motifs is 1. The molecule has 0 aliphatic rings. The van der Waals surface area contributed by atoms with Gasteiger partial charge >= 0.3 is 0 Å². The maximum absolute atomic E-state index is 13.9. The topological polar surface area (TPSA) is 109 Å². The average Bonchev–Trinajstić information content (AvgIpc) is 3.63. The van der Waals surface area contributed by atoms with Crippen molar-refractivity contribution in [3.05, 3.63) is 192 Å². The molecule has 0 fully saturated rings. The van der Waals surface area contributed by atoms with Gasteiger partial charge in [-0.1, -0.05) is 121 Å². The molecule has 3 N–H and O–H groups in total. The highest BCUT2D eigenvalue weighted by atomic mass is 32.2. The third-order valence-corrected chi connectivity index (χ3v) is 10.4. The first kappa shape index (κ1) is 35.9. The van der Waals surface area contributed by atoms with E-state index in [1.807, 2.05) is 127 Å². The van der Waals surface area contributed by atoms with Crippen molar-refractivity contribution >= 4 is 67.9 Å². The van der Waals surface area contributed by atoms with E-state index in [1.54, 1.807) is 42.5 Å². The predicted octanol–water partition coefficient (Wildman–Crippen LogP) is 9.76. The van der Waals surface area contributed by atoms with Gasteiger partial charge in [0.15, 0.2) is 5.13 Å². The van der Waals surface area contributed by atoms with Gasteiger partial charge < -0.3 is 20.7 Å². The monoisotopic (exact) mass is 746 g/mol. The molecule has 8 nitrogen and oxygen atoms in total. The van der Waals surface area contributed by atoms with Crippen LogP contribution in [0.1, 0.15) is 32.3 Å². The number of nitrogens with zero attached hydrogens (tertiary/aromatic N) is 1. The Morgan fingerprint density at radius 3 is 2.15 bits per heavy atom. The highest BCUT2D eigenvalue weighted by Gasteiger charge is 2.24. The number of amides is 3. The van der Waals surface area contributed by atoms with Crippen LogP contribution in [0, 0.1) is 0 Å². The first-order chi connectivity index (χ1) is 26.5. The molecule has 54 heavy (non-hydrogen) atoms. The molecule has 0 aliphatic carbocycles. The summed E-state index contributed by atoms with van der Waals surface area (Å²) in [5.74, 6) is -0.481. The largest absolute Gasteiger partial charge is 0.489 e. The standard InChI is InChI=1S/C44H34N4O4S2/c49-41(33-17-8-3-9-18-33)46-38(27-30-23-25-35(26-24-30)52-29-31-13-4-1-5-14-31)42(50)45-34-19-12-20-36(28-34)53-40(32-15-6-2-7-16-32)43(51)48-44-47-37-21-10-11-22-39(37)54-44/h1-28,40H,29H2,(H,45,50)(H,46,49)(H,47,48,51)/b38-27-. The van der Waals surface area contributed by atoms with Gasteiger partial charge in [0.25, 0.3) is 11.8 Å². The van der Waals surface area contributed by atoms with Gasteiger partial charge in [-0.15, -0.1) is 11.8 Å². The number of aromatic nitrogens is 1. The minimum Gasteiger partial charge on any atom is -0.489 e. The summed E-state index contributed by atoms with van der Waals surface area (Å²) in [6, 6.07) is 50.4. The fraction of sp³-hybridized carbons (Fsp3) is 0.0455. The average molecular weight is 747 g/mol. The molecule has 10 heteroatoms. The minimum absolute atomic E-state index is 0.0530. The molecule has 7 aromatic rings. The third-order valence-electron chi connectivity index (χ3n) is 8.18. The second-order valence-corrected chi connectivity index (χ2v) is 14.3. The van der Waals surface area contributed by atoms with Crippen molar-refractivity contribution in [2.45, 2.75) is 16.8 Å². The molecule has 1 unspecified atom stereocenters. The molecule has 266 valence electrons. The number of ether oxygens (including phenoxy) is 1. The van der Waals surface area contributed by atoms with Crippen LogP contribution in [0.4, 0.5) is 10.8 Å². The van der Waals surface area contributed by atoms with Crippen molar-refractivity contribution in [3.8, 4) is 5.75 Å². The molecule has 0 spiro atoms. The predicted molar refractivity (Wildman–Crippen MR) is 217 cm³/mol. The van der Waals surface area contributed by atoms with Crippen LogP contribution < -0.4 is 20.7 Å². The number of anilines is 2. The summed E-state index contributed by atoms with van der Waals surface area (Å²) >= 11 is 2.78. The van der Waals surface area contributed by atoms with E-state index in [1.165, 1.54) is 23.1 Å². The summed E-state index contributed by atoms with van der Waals surface area (Å²) in [4.78, 5) is 46.2. The quantitative estimate of drug-likeness (QED) is 0.0801. The minimum atomic E-state index is -0.607. The molecule has 0 aliphatic heterocycles. The van der Waals surface area contributed by atoms with Gasteiger partial charge in [0, 0.05) is 16.1 Å². The van der Waals surface area contributed by atoms with Crippen LogP contribution in [-0.2, 0) is 16.2 Å². The second-order valence-electron chi connectivity index (χ2n) is 12.1. The van der Waals surface area contributed by atoms with Crippen molar-refractivity contribution in [3.63, 3.8) is 0 Å². The second kappa shape index (κ2) is 17.4. The Bertz CT molecular complexity index is 2370. The van der Waals surface area contributed by atoms with Gasteiger partial charge in [-0.25, -0.2) is 4.98 Å². The van der Waals surface area contributed by atoms with Crippen LogP contribution in [0.2, 0.25) is 0 Å². The van der Waals surface area contributed by atoms with Crippen LogP contribution in [0.5, 0.6) is 5.75 Å². The zero-order valence-corrected chi connectivity index (χ0v) is 30.5. The number of nitrogens with one attached hydrogen (secondary N) is 3. The number of hydrogen-bond donors (Lipinski definition) is 3. The molecule has 3 amide bonds. The Morgan fingerprint density at radius 1 is 0.722 bits per heavy atom. The number of hydrogen-bond acceptors (Lipinski definition) is 7. The van der Waals surface area contributed by atoms with E-state index in [-0.39, 0.29) is 11.6 Å². The summed E-state index contributed by atoms with van der Waals surface area (Å²) in [5, 5.41) is 8.66. The Labute approximate surface area is 320 Å². The van der Waals surface area contributed by atoms with Crippen molar-refractivity contribution in [2.75, 3.05) is 10.6 Å². The Morgan fingerprint density at radius 2 is 1.41 bits per heavy atom. The molecule has 0 saturated heterocycles. The first-order valence-electron chi connectivity index (χ1n) is 17.1. The lowest BCUT2D eigenvalue weighted by atomic mass is 10.1.